The number of nitrogens with two attached hydrogens (primary N) is 1. The van der Waals surface area contributed by atoms with Gasteiger partial charge in [-0.05, 0) is 49.4 Å². The van der Waals surface area contributed by atoms with Gasteiger partial charge in [0.05, 0.1) is 0 Å². The van der Waals surface area contributed by atoms with Gasteiger partial charge in [-0.25, -0.2) is 4.39 Å². The highest BCUT2D eigenvalue weighted by atomic mass is 19.1. The smallest absolute Gasteiger partial charge is 0.105 e. The van der Waals surface area contributed by atoms with Gasteiger partial charge in [-0.2, -0.15) is 0 Å². The van der Waals surface area contributed by atoms with Gasteiger partial charge in [-0.15, -0.1) is 0 Å². The molecule has 94 valence electrons. The lowest BCUT2D eigenvalue weighted by molar-refractivity contribution is 0.427. The second-order valence-electron chi connectivity index (χ2n) is 4.88. The van der Waals surface area contributed by atoms with Gasteiger partial charge in [-0.1, -0.05) is 24.3 Å². The molecule has 1 saturated heterocycles. The first-order valence-electron chi connectivity index (χ1n) is 6.40. The summed E-state index contributed by atoms with van der Waals surface area (Å²) in [4.78, 5) is 0. The van der Waals surface area contributed by atoms with Crippen molar-refractivity contribution in [1.82, 2.24) is 5.32 Å². The van der Waals surface area contributed by atoms with Crippen molar-refractivity contribution in [3.8, 4) is 0 Å². The fourth-order valence-electron chi connectivity index (χ4n) is 2.44. The van der Waals surface area contributed by atoms with Gasteiger partial charge >= 0.3 is 0 Å². The van der Waals surface area contributed by atoms with Crippen LogP contribution in [0.1, 0.15) is 29.9 Å². The number of alkyl halides is 1. The molecule has 0 bridgehead atoms. The molecule has 0 spiro atoms. The molecule has 1 aromatic carbocycles. The molecule has 2 rings (SSSR count). The number of rotatable bonds is 4. The molecule has 1 heterocycles. The Kier molecular flexibility index (Phi) is 4.51. The van der Waals surface area contributed by atoms with Gasteiger partial charge in [0.1, 0.15) is 6.67 Å². The van der Waals surface area contributed by atoms with Crippen LogP contribution in [0.3, 0.4) is 0 Å². The van der Waals surface area contributed by atoms with Crippen molar-refractivity contribution in [2.45, 2.75) is 31.2 Å². The molecule has 0 aromatic heterocycles. The van der Waals surface area contributed by atoms with Gasteiger partial charge in [-0.3, -0.25) is 0 Å². The molecule has 1 aliphatic rings. The Balaban J connectivity index is 1.97. The van der Waals surface area contributed by atoms with Crippen LogP contribution < -0.4 is 11.1 Å². The maximum Gasteiger partial charge on any atom is 0.105 e. The van der Waals surface area contributed by atoms with E-state index in [-0.39, 0.29) is 6.04 Å². The fourth-order valence-corrected chi connectivity index (χ4v) is 2.44. The lowest BCUT2D eigenvalue weighted by atomic mass is 9.89. The molecule has 1 atom stereocenters. The number of halogens is 1. The van der Waals surface area contributed by atoms with Crippen LogP contribution in [0.25, 0.3) is 0 Å². The van der Waals surface area contributed by atoms with E-state index in [9.17, 15) is 4.39 Å². The van der Waals surface area contributed by atoms with Gasteiger partial charge in [0, 0.05) is 6.04 Å². The Morgan fingerprint density at radius 1 is 1.24 bits per heavy atom. The summed E-state index contributed by atoms with van der Waals surface area (Å²) in [5.74, 6) is 0.681. The van der Waals surface area contributed by atoms with Crippen molar-refractivity contribution in [2.24, 2.45) is 5.73 Å². The molecule has 0 radical (unpaired) electrons. The molecule has 1 fully saturated rings. The minimum Gasteiger partial charge on any atom is -0.325 e. The summed E-state index contributed by atoms with van der Waals surface area (Å²) in [6.07, 6.45) is 3.05. The lowest BCUT2D eigenvalue weighted by Crippen LogP contribution is -2.26. The second-order valence-corrected chi connectivity index (χ2v) is 4.88. The summed E-state index contributed by atoms with van der Waals surface area (Å²) >= 11 is 0. The van der Waals surface area contributed by atoms with Gasteiger partial charge in [0.15, 0.2) is 0 Å². The number of hydrogen-bond acceptors (Lipinski definition) is 2. The molecule has 1 aromatic rings. The Hall–Kier alpha value is -0.930. The number of hydrogen-bond donors (Lipinski definition) is 2. The summed E-state index contributed by atoms with van der Waals surface area (Å²) in [5.41, 5.74) is 8.14. The van der Waals surface area contributed by atoms with E-state index < -0.39 is 6.67 Å². The van der Waals surface area contributed by atoms with E-state index in [1.807, 2.05) is 0 Å². The molecular weight excluding hydrogens is 215 g/mol. The van der Waals surface area contributed by atoms with E-state index in [1.165, 1.54) is 18.4 Å². The van der Waals surface area contributed by atoms with E-state index in [0.717, 1.165) is 18.7 Å². The minimum absolute atomic E-state index is 0.361. The maximum absolute atomic E-state index is 12.3. The molecule has 0 amide bonds. The summed E-state index contributed by atoms with van der Waals surface area (Å²) < 4.78 is 12.3. The van der Waals surface area contributed by atoms with E-state index >= 15 is 0 Å². The molecule has 0 unspecified atom stereocenters. The topological polar surface area (TPSA) is 38.0 Å². The highest BCUT2D eigenvalue weighted by molar-refractivity contribution is 5.26. The van der Waals surface area contributed by atoms with Crippen molar-refractivity contribution < 1.29 is 4.39 Å². The first kappa shape index (κ1) is 12.5. The van der Waals surface area contributed by atoms with Crippen molar-refractivity contribution in [1.29, 1.82) is 0 Å². The lowest BCUT2D eigenvalue weighted by Gasteiger charge is -2.23. The normalized spacial score (nSPS) is 19.2. The molecule has 0 aliphatic carbocycles. The summed E-state index contributed by atoms with van der Waals surface area (Å²) in [6.45, 7) is 1.77. The van der Waals surface area contributed by atoms with E-state index in [4.69, 9.17) is 5.73 Å². The fraction of sp³-hybridized carbons (Fsp3) is 0.571. The third-order valence-corrected chi connectivity index (χ3v) is 3.49. The Morgan fingerprint density at radius 2 is 1.88 bits per heavy atom. The predicted molar refractivity (Wildman–Crippen MR) is 68.9 cm³/mol. The molecular formula is C14H21FN2. The average Bonchev–Trinajstić information content (AvgIpc) is 2.40. The number of nitrogens with one attached hydrogen (secondary N) is 1. The standard InChI is InChI=1S/C14H21FN2/c15-10-14(16)9-11-1-3-12(4-2-11)13-5-7-17-8-6-13/h1-4,13-14,17H,5-10,16H2/t14-/m0/s1. The predicted octanol–water partition coefficient (Wildman–Crippen LogP) is 1.99. The zero-order valence-corrected chi connectivity index (χ0v) is 10.2. The van der Waals surface area contributed by atoms with Crippen molar-refractivity contribution in [2.75, 3.05) is 19.8 Å². The highest BCUT2D eigenvalue weighted by Gasteiger charge is 2.14. The Labute approximate surface area is 102 Å². The second kappa shape index (κ2) is 6.12. The van der Waals surface area contributed by atoms with E-state index in [0.29, 0.717) is 12.3 Å². The monoisotopic (exact) mass is 236 g/mol. The van der Waals surface area contributed by atoms with Crippen LogP contribution in [-0.4, -0.2) is 25.8 Å². The van der Waals surface area contributed by atoms with Crippen molar-refractivity contribution in [3.05, 3.63) is 35.4 Å². The molecule has 17 heavy (non-hydrogen) atoms. The van der Waals surface area contributed by atoms with Crippen LogP contribution in [0.2, 0.25) is 0 Å². The summed E-state index contributed by atoms with van der Waals surface area (Å²) in [5, 5.41) is 3.37. The average molecular weight is 236 g/mol. The third kappa shape index (κ3) is 3.51. The van der Waals surface area contributed by atoms with Gasteiger partial charge in [0.25, 0.3) is 0 Å². The Morgan fingerprint density at radius 3 is 2.47 bits per heavy atom. The van der Waals surface area contributed by atoms with E-state index in [2.05, 4.69) is 29.6 Å². The largest absolute Gasteiger partial charge is 0.325 e. The van der Waals surface area contributed by atoms with Crippen LogP contribution in [0.15, 0.2) is 24.3 Å². The van der Waals surface area contributed by atoms with Crippen molar-refractivity contribution >= 4 is 0 Å². The van der Waals surface area contributed by atoms with E-state index in [1.54, 1.807) is 0 Å². The molecule has 0 saturated carbocycles. The Bertz CT molecular complexity index is 331. The molecule has 1 aliphatic heterocycles. The van der Waals surface area contributed by atoms with Gasteiger partial charge in [0.2, 0.25) is 0 Å². The number of piperidine rings is 1. The van der Waals surface area contributed by atoms with Crippen molar-refractivity contribution in [3.63, 3.8) is 0 Å². The van der Waals surface area contributed by atoms with Crippen LogP contribution in [0, 0.1) is 0 Å². The van der Waals surface area contributed by atoms with Crippen LogP contribution in [0.4, 0.5) is 4.39 Å². The highest BCUT2D eigenvalue weighted by Crippen LogP contribution is 2.25. The quantitative estimate of drug-likeness (QED) is 0.839. The third-order valence-electron chi connectivity index (χ3n) is 3.49. The first-order valence-corrected chi connectivity index (χ1v) is 6.40. The summed E-state index contributed by atoms with van der Waals surface area (Å²) in [6, 6.07) is 8.17. The SMILES string of the molecule is N[C@H](CF)Cc1ccc(C2CCNCC2)cc1. The van der Waals surface area contributed by atoms with Crippen LogP contribution in [-0.2, 0) is 6.42 Å². The van der Waals surface area contributed by atoms with Gasteiger partial charge < -0.3 is 11.1 Å². The number of benzene rings is 1. The minimum atomic E-state index is -0.448. The molecule has 2 nitrogen and oxygen atoms in total. The first-order chi connectivity index (χ1) is 8.29. The molecule has 3 heteroatoms. The summed E-state index contributed by atoms with van der Waals surface area (Å²) in [7, 11) is 0. The molecule has 3 N–H and O–H groups in total. The zero-order chi connectivity index (χ0) is 12.1. The van der Waals surface area contributed by atoms with Crippen LogP contribution in [0.5, 0.6) is 0 Å². The van der Waals surface area contributed by atoms with Crippen LogP contribution >= 0.6 is 0 Å². The maximum atomic E-state index is 12.3. The zero-order valence-electron chi connectivity index (χ0n) is 10.2.